The standard InChI is InChI=1S/C14H11ClF2N2O/c15-12-4-3-10(6-13(12)17)20-7-8-1-2-9(16)5-11(8)14(18)19/h1-6H,7H2,(H3,18,19). The third kappa shape index (κ3) is 3.24. The van der Waals surface area contributed by atoms with E-state index in [-0.39, 0.29) is 28.8 Å². The van der Waals surface area contributed by atoms with Crippen LogP contribution in [0.25, 0.3) is 0 Å². The Labute approximate surface area is 119 Å². The van der Waals surface area contributed by atoms with Gasteiger partial charge < -0.3 is 10.5 Å². The van der Waals surface area contributed by atoms with Gasteiger partial charge in [0, 0.05) is 17.2 Å². The Kier molecular flexibility index (Phi) is 4.20. The Morgan fingerprint density at radius 1 is 1.20 bits per heavy atom. The molecule has 3 N–H and O–H groups in total. The molecule has 3 nitrogen and oxygen atoms in total. The number of benzene rings is 2. The molecule has 0 saturated heterocycles. The lowest BCUT2D eigenvalue weighted by atomic mass is 10.1. The average molecular weight is 297 g/mol. The van der Waals surface area contributed by atoms with E-state index in [1.807, 2.05) is 0 Å². The highest BCUT2D eigenvalue weighted by Gasteiger charge is 2.08. The van der Waals surface area contributed by atoms with Crippen LogP contribution in [0.4, 0.5) is 8.78 Å². The van der Waals surface area contributed by atoms with Gasteiger partial charge in [-0.05, 0) is 24.3 Å². The van der Waals surface area contributed by atoms with Crippen LogP contribution in [0.1, 0.15) is 11.1 Å². The third-order valence-corrected chi connectivity index (χ3v) is 2.95. The second-order valence-corrected chi connectivity index (χ2v) is 4.49. The van der Waals surface area contributed by atoms with Crippen LogP contribution in [-0.4, -0.2) is 5.84 Å². The van der Waals surface area contributed by atoms with Gasteiger partial charge in [-0.15, -0.1) is 0 Å². The van der Waals surface area contributed by atoms with Crippen molar-refractivity contribution in [3.05, 3.63) is 64.2 Å². The zero-order valence-electron chi connectivity index (χ0n) is 10.3. The Bertz CT molecular complexity index is 662. The smallest absolute Gasteiger partial charge is 0.145 e. The molecule has 0 atom stereocenters. The van der Waals surface area contributed by atoms with Crippen LogP contribution >= 0.6 is 11.6 Å². The molecule has 0 saturated carbocycles. The fraction of sp³-hybridized carbons (Fsp3) is 0.0714. The fourth-order valence-electron chi connectivity index (χ4n) is 1.65. The molecule has 0 amide bonds. The van der Waals surface area contributed by atoms with Crippen molar-refractivity contribution in [2.75, 3.05) is 0 Å². The summed E-state index contributed by atoms with van der Waals surface area (Å²) >= 11 is 5.57. The summed E-state index contributed by atoms with van der Waals surface area (Å²) in [7, 11) is 0. The second-order valence-electron chi connectivity index (χ2n) is 4.08. The van der Waals surface area contributed by atoms with Crippen molar-refractivity contribution in [2.24, 2.45) is 5.73 Å². The molecule has 0 unspecified atom stereocenters. The molecule has 2 rings (SSSR count). The number of nitrogen functional groups attached to an aromatic ring is 1. The number of rotatable bonds is 4. The van der Waals surface area contributed by atoms with Crippen molar-refractivity contribution in [1.82, 2.24) is 0 Å². The number of ether oxygens (including phenoxy) is 1. The topological polar surface area (TPSA) is 59.1 Å². The number of halogens is 3. The lowest BCUT2D eigenvalue weighted by molar-refractivity contribution is 0.304. The normalized spacial score (nSPS) is 10.3. The van der Waals surface area contributed by atoms with Crippen LogP contribution in [-0.2, 0) is 6.61 Å². The molecule has 104 valence electrons. The average Bonchev–Trinajstić information content (AvgIpc) is 2.41. The number of hydrogen-bond acceptors (Lipinski definition) is 2. The van der Waals surface area contributed by atoms with Crippen molar-refractivity contribution in [1.29, 1.82) is 5.41 Å². The van der Waals surface area contributed by atoms with Crippen LogP contribution in [0.5, 0.6) is 5.75 Å². The first-order valence-electron chi connectivity index (χ1n) is 5.68. The van der Waals surface area contributed by atoms with Crippen molar-refractivity contribution >= 4 is 17.4 Å². The van der Waals surface area contributed by atoms with Gasteiger partial charge in [0.05, 0.1) is 5.02 Å². The van der Waals surface area contributed by atoms with Gasteiger partial charge >= 0.3 is 0 Å². The van der Waals surface area contributed by atoms with E-state index < -0.39 is 11.6 Å². The largest absolute Gasteiger partial charge is 0.489 e. The molecule has 0 heterocycles. The van der Waals surface area contributed by atoms with Crippen LogP contribution in [0, 0.1) is 17.0 Å². The van der Waals surface area contributed by atoms with Crippen molar-refractivity contribution < 1.29 is 13.5 Å². The second kappa shape index (κ2) is 5.88. The molecule has 0 spiro atoms. The number of hydrogen-bond donors (Lipinski definition) is 2. The summed E-state index contributed by atoms with van der Waals surface area (Å²) in [6.07, 6.45) is 0. The van der Waals surface area contributed by atoms with E-state index in [9.17, 15) is 8.78 Å². The molecule has 20 heavy (non-hydrogen) atoms. The monoisotopic (exact) mass is 296 g/mol. The molecule has 0 aliphatic carbocycles. The lowest BCUT2D eigenvalue weighted by Gasteiger charge is -2.10. The summed E-state index contributed by atoms with van der Waals surface area (Å²) in [5, 5.41) is 7.40. The minimum atomic E-state index is -0.588. The summed E-state index contributed by atoms with van der Waals surface area (Å²) in [5.74, 6) is -1.05. The van der Waals surface area contributed by atoms with Crippen molar-refractivity contribution in [3.8, 4) is 5.75 Å². The van der Waals surface area contributed by atoms with Gasteiger partial charge in [0.2, 0.25) is 0 Å². The maximum atomic E-state index is 13.2. The van der Waals surface area contributed by atoms with Gasteiger partial charge in [0.1, 0.15) is 29.8 Å². The molecule has 2 aromatic rings. The van der Waals surface area contributed by atoms with E-state index in [4.69, 9.17) is 27.5 Å². The van der Waals surface area contributed by atoms with Gasteiger partial charge in [-0.2, -0.15) is 0 Å². The molecular weight excluding hydrogens is 286 g/mol. The maximum absolute atomic E-state index is 13.2. The summed E-state index contributed by atoms with van der Waals surface area (Å²) in [6, 6.07) is 7.92. The van der Waals surface area contributed by atoms with Gasteiger partial charge in [-0.1, -0.05) is 17.7 Å². The zero-order chi connectivity index (χ0) is 14.7. The van der Waals surface area contributed by atoms with E-state index in [2.05, 4.69) is 0 Å². The lowest BCUT2D eigenvalue weighted by Crippen LogP contribution is -2.15. The maximum Gasteiger partial charge on any atom is 0.145 e. The third-order valence-electron chi connectivity index (χ3n) is 2.65. The van der Waals surface area contributed by atoms with Crippen LogP contribution in [0.2, 0.25) is 5.02 Å². The Balaban J connectivity index is 2.18. The first-order chi connectivity index (χ1) is 9.47. The van der Waals surface area contributed by atoms with Crippen molar-refractivity contribution in [3.63, 3.8) is 0 Å². The van der Waals surface area contributed by atoms with Crippen LogP contribution < -0.4 is 10.5 Å². The highest BCUT2D eigenvalue weighted by atomic mass is 35.5. The fourth-order valence-corrected chi connectivity index (χ4v) is 1.77. The Hall–Kier alpha value is -2.14. The molecule has 6 heteroatoms. The quantitative estimate of drug-likeness (QED) is 0.670. The summed E-state index contributed by atoms with van der Waals surface area (Å²) in [4.78, 5) is 0. The predicted molar refractivity (Wildman–Crippen MR) is 73.2 cm³/mol. The number of nitrogens with one attached hydrogen (secondary N) is 1. The minimum absolute atomic E-state index is 0.00329. The molecule has 0 bridgehead atoms. The molecule has 0 aliphatic heterocycles. The Morgan fingerprint density at radius 2 is 1.95 bits per heavy atom. The van der Waals surface area contributed by atoms with Crippen LogP contribution in [0.3, 0.4) is 0 Å². The molecule has 0 fully saturated rings. The van der Waals surface area contributed by atoms with E-state index >= 15 is 0 Å². The first kappa shape index (κ1) is 14.3. The molecule has 0 aromatic heterocycles. The van der Waals surface area contributed by atoms with Gasteiger partial charge in [-0.3, -0.25) is 5.41 Å². The molecular formula is C14H11ClF2N2O. The van der Waals surface area contributed by atoms with Gasteiger partial charge in [0.15, 0.2) is 0 Å². The Morgan fingerprint density at radius 3 is 2.60 bits per heavy atom. The van der Waals surface area contributed by atoms with E-state index in [1.165, 1.54) is 24.3 Å². The summed E-state index contributed by atoms with van der Waals surface area (Å²) < 4.78 is 31.7. The number of amidine groups is 1. The highest BCUT2D eigenvalue weighted by molar-refractivity contribution is 6.30. The van der Waals surface area contributed by atoms with E-state index in [0.717, 1.165) is 12.1 Å². The minimum Gasteiger partial charge on any atom is -0.489 e. The van der Waals surface area contributed by atoms with E-state index in [0.29, 0.717) is 5.56 Å². The first-order valence-corrected chi connectivity index (χ1v) is 6.06. The zero-order valence-corrected chi connectivity index (χ0v) is 11.0. The predicted octanol–water partition coefficient (Wildman–Crippen LogP) is 3.48. The number of nitrogens with two attached hydrogens (primary N) is 1. The molecule has 2 aromatic carbocycles. The van der Waals surface area contributed by atoms with Gasteiger partial charge in [0.25, 0.3) is 0 Å². The van der Waals surface area contributed by atoms with Crippen LogP contribution in [0.15, 0.2) is 36.4 Å². The molecule has 0 radical (unpaired) electrons. The SMILES string of the molecule is N=C(N)c1cc(F)ccc1COc1ccc(Cl)c(F)c1. The highest BCUT2D eigenvalue weighted by Crippen LogP contribution is 2.22. The van der Waals surface area contributed by atoms with Crippen molar-refractivity contribution in [2.45, 2.75) is 6.61 Å². The summed E-state index contributed by atoms with van der Waals surface area (Å²) in [6.45, 7) is 0.0380. The summed E-state index contributed by atoms with van der Waals surface area (Å²) in [5.41, 5.74) is 6.17. The van der Waals surface area contributed by atoms with Gasteiger partial charge in [-0.25, -0.2) is 8.78 Å². The van der Waals surface area contributed by atoms with E-state index in [1.54, 1.807) is 0 Å². The molecule has 0 aliphatic rings.